The molecule has 232 valence electrons. The van der Waals surface area contributed by atoms with E-state index in [9.17, 15) is 18.3 Å². The Kier molecular flexibility index (Phi) is 8.57. The third-order valence-corrected chi connectivity index (χ3v) is 12.7. The van der Waals surface area contributed by atoms with Crippen molar-refractivity contribution in [3.63, 3.8) is 0 Å². The Labute approximate surface area is 260 Å². The molecule has 2 heterocycles. The molecule has 2 aliphatic carbocycles. The van der Waals surface area contributed by atoms with Crippen molar-refractivity contribution in [2.24, 2.45) is 23.7 Å². The zero-order valence-electron chi connectivity index (χ0n) is 25.1. The minimum Gasteiger partial charge on any atom is -0.490 e. The Morgan fingerprint density at radius 3 is 2.74 bits per heavy atom. The number of aryl methyl sites for hydroxylation is 1. The molecule has 4 aliphatic rings. The van der Waals surface area contributed by atoms with E-state index in [0.29, 0.717) is 36.8 Å². The molecule has 43 heavy (non-hydrogen) atoms. The number of nitrogens with one attached hydrogen (secondary N) is 1. The van der Waals surface area contributed by atoms with Gasteiger partial charge in [-0.25, -0.2) is 13.1 Å². The maximum absolute atomic E-state index is 13.4. The molecule has 9 heteroatoms. The molecule has 1 saturated carbocycles. The third kappa shape index (κ3) is 6.07. The number of nitrogens with zero attached hydrogens (tertiary/aromatic N) is 1. The Morgan fingerprint density at radius 2 is 1.98 bits per heavy atom. The SMILES string of the molecule is C[C@@H]1[C@@H](C)C[C@H](CCO)/C=C\[C@@H]2CC[C@H]2CN2C[C@@]3(CCCc4cc(Cl)ccc43)COc3ccc(cc32)C(=O)NS1(=O)=O. The number of ether oxygens (including phenoxy) is 1. The van der Waals surface area contributed by atoms with Gasteiger partial charge in [-0.3, -0.25) is 4.79 Å². The summed E-state index contributed by atoms with van der Waals surface area (Å²) in [6.45, 7) is 5.70. The minimum atomic E-state index is -3.93. The van der Waals surface area contributed by atoms with E-state index < -0.39 is 21.2 Å². The van der Waals surface area contributed by atoms with Crippen molar-refractivity contribution in [1.82, 2.24) is 4.72 Å². The quantitative estimate of drug-likeness (QED) is 0.404. The molecule has 2 aliphatic heterocycles. The second kappa shape index (κ2) is 12.1. The van der Waals surface area contributed by atoms with Crippen molar-refractivity contribution in [3.8, 4) is 5.75 Å². The average Bonchev–Trinajstić information content (AvgIpc) is 3.11. The van der Waals surface area contributed by atoms with E-state index in [1.165, 1.54) is 11.1 Å². The molecule has 2 N–H and O–H groups in total. The second-order valence-corrected chi connectivity index (χ2v) is 15.8. The highest BCUT2D eigenvalue weighted by Crippen LogP contribution is 2.46. The molecule has 1 amide bonds. The molecule has 7 nitrogen and oxygen atoms in total. The number of hydrogen-bond donors (Lipinski definition) is 2. The summed E-state index contributed by atoms with van der Waals surface area (Å²) in [5.74, 6) is 0.829. The van der Waals surface area contributed by atoms with Crippen LogP contribution in [-0.4, -0.2) is 51.0 Å². The summed E-state index contributed by atoms with van der Waals surface area (Å²) in [5, 5.41) is 9.73. The summed E-state index contributed by atoms with van der Waals surface area (Å²) in [6, 6.07) is 11.5. The lowest BCUT2D eigenvalue weighted by Crippen LogP contribution is -2.48. The number of sulfonamides is 1. The number of aliphatic hydroxyl groups excluding tert-OH is 1. The van der Waals surface area contributed by atoms with E-state index in [-0.39, 0.29) is 23.9 Å². The number of carbonyl (C=O) groups is 1. The smallest absolute Gasteiger partial charge is 0.264 e. The zero-order chi connectivity index (χ0) is 30.4. The van der Waals surface area contributed by atoms with Crippen LogP contribution in [0.2, 0.25) is 5.02 Å². The number of aliphatic hydroxyl groups is 1. The van der Waals surface area contributed by atoms with Crippen LogP contribution in [-0.2, 0) is 21.9 Å². The van der Waals surface area contributed by atoms with Crippen molar-refractivity contribution in [3.05, 3.63) is 70.3 Å². The molecular weight excluding hydrogens is 584 g/mol. The Morgan fingerprint density at radius 1 is 1.14 bits per heavy atom. The number of rotatable bonds is 2. The molecule has 0 saturated heterocycles. The molecule has 6 rings (SSSR count). The lowest BCUT2D eigenvalue weighted by molar-refractivity contribution is 0.0980. The number of hydrogen-bond acceptors (Lipinski definition) is 6. The Hall–Kier alpha value is -2.55. The molecular formula is C34H43ClN2O5S. The van der Waals surface area contributed by atoms with Crippen LogP contribution in [0.3, 0.4) is 0 Å². The first-order valence-electron chi connectivity index (χ1n) is 15.7. The Bertz CT molecular complexity index is 1510. The van der Waals surface area contributed by atoms with Crippen molar-refractivity contribution in [2.75, 3.05) is 31.2 Å². The van der Waals surface area contributed by atoms with Crippen LogP contribution in [0, 0.1) is 23.7 Å². The van der Waals surface area contributed by atoms with Crippen LogP contribution in [0.25, 0.3) is 0 Å². The number of carbonyl (C=O) groups excluding carboxylic acids is 1. The van der Waals surface area contributed by atoms with Crippen LogP contribution < -0.4 is 14.4 Å². The van der Waals surface area contributed by atoms with Gasteiger partial charge in [-0.05, 0) is 117 Å². The fourth-order valence-electron chi connectivity index (χ4n) is 7.63. The molecule has 1 spiro atoms. The lowest BCUT2D eigenvalue weighted by atomic mass is 9.69. The fraction of sp³-hybridized carbons (Fsp3) is 0.559. The van der Waals surface area contributed by atoms with Crippen LogP contribution in [0.5, 0.6) is 5.75 Å². The topological polar surface area (TPSA) is 95.9 Å². The summed E-state index contributed by atoms with van der Waals surface area (Å²) >= 11 is 6.40. The molecule has 2 aromatic carbocycles. The van der Waals surface area contributed by atoms with Gasteiger partial charge in [0.25, 0.3) is 5.91 Å². The van der Waals surface area contributed by atoms with Gasteiger partial charge in [0, 0.05) is 35.7 Å². The predicted molar refractivity (Wildman–Crippen MR) is 170 cm³/mol. The van der Waals surface area contributed by atoms with E-state index in [4.69, 9.17) is 16.3 Å². The third-order valence-electron chi connectivity index (χ3n) is 10.6. The van der Waals surface area contributed by atoms with E-state index in [2.05, 4.69) is 33.9 Å². The maximum Gasteiger partial charge on any atom is 0.264 e. The monoisotopic (exact) mass is 626 g/mol. The number of anilines is 1. The van der Waals surface area contributed by atoms with E-state index >= 15 is 0 Å². The number of fused-ring (bicyclic) bond motifs is 4. The van der Waals surface area contributed by atoms with Crippen molar-refractivity contribution >= 4 is 33.2 Å². The fourth-order valence-corrected chi connectivity index (χ4v) is 9.11. The number of amides is 1. The summed E-state index contributed by atoms with van der Waals surface area (Å²) in [6.07, 6.45) is 11.0. The standard InChI is InChI=1S/C34H43ClN2O5S/c1-22-16-24(13-15-38)5-6-25-7-8-28(25)19-37-20-34(14-3-4-26-17-29(35)10-11-30(26)34)21-42-32-12-9-27(18-31(32)37)33(39)36-43(40,41)23(22)2/h5-6,9-12,17-18,22-25,28,38H,3-4,7-8,13-16,19-21H2,1-2H3,(H,36,39)/b6-5-/t22-,23+,24-,25+,28-,34-/m0/s1. The Balaban J connectivity index is 1.41. The molecule has 0 radical (unpaired) electrons. The van der Waals surface area contributed by atoms with Crippen molar-refractivity contribution in [1.29, 1.82) is 0 Å². The molecule has 6 atom stereocenters. The summed E-state index contributed by atoms with van der Waals surface area (Å²) in [7, 11) is -3.93. The van der Waals surface area contributed by atoms with Crippen LogP contribution in [0.4, 0.5) is 5.69 Å². The molecule has 0 aromatic heterocycles. The van der Waals surface area contributed by atoms with Gasteiger partial charge in [0.05, 0.1) is 17.5 Å². The lowest BCUT2D eigenvalue weighted by Gasteiger charge is -2.44. The molecule has 2 aromatic rings. The van der Waals surface area contributed by atoms with Gasteiger partial charge < -0.3 is 14.7 Å². The predicted octanol–water partition coefficient (Wildman–Crippen LogP) is 5.88. The van der Waals surface area contributed by atoms with Gasteiger partial charge in [-0.2, -0.15) is 0 Å². The van der Waals surface area contributed by atoms with Crippen molar-refractivity contribution in [2.45, 2.75) is 69.5 Å². The van der Waals surface area contributed by atoms with Gasteiger partial charge >= 0.3 is 0 Å². The van der Waals surface area contributed by atoms with Crippen LogP contribution in [0.1, 0.15) is 73.9 Å². The van der Waals surface area contributed by atoms with E-state index in [0.717, 1.165) is 61.7 Å². The summed E-state index contributed by atoms with van der Waals surface area (Å²) in [5.41, 5.74) is 3.47. The number of allylic oxidation sites excluding steroid dienone is 2. The van der Waals surface area contributed by atoms with E-state index in [1.54, 1.807) is 13.0 Å². The average molecular weight is 627 g/mol. The first kappa shape index (κ1) is 30.5. The highest BCUT2D eigenvalue weighted by atomic mass is 35.5. The number of halogens is 1. The largest absolute Gasteiger partial charge is 0.490 e. The van der Waals surface area contributed by atoms with Gasteiger partial charge in [-0.15, -0.1) is 0 Å². The first-order chi connectivity index (χ1) is 20.6. The summed E-state index contributed by atoms with van der Waals surface area (Å²) in [4.78, 5) is 15.8. The van der Waals surface area contributed by atoms with Gasteiger partial charge in [0.1, 0.15) is 5.75 Å². The minimum absolute atomic E-state index is 0.0493. The van der Waals surface area contributed by atoms with Crippen LogP contribution in [0.15, 0.2) is 48.6 Å². The van der Waals surface area contributed by atoms with Gasteiger partial charge in [-0.1, -0.05) is 36.7 Å². The highest BCUT2D eigenvalue weighted by molar-refractivity contribution is 7.90. The normalized spacial score (nSPS) is 32.8. The molecule has 0 unspecified atom stereocenters. The number of benzene rings is 2. The van der Waals surface area contributed by atoms with E-state index in [1.807, 2.05) is 25.1 Å². The van der Waals surface area contributed by atoms with Crippen LogP contribution >= 0.6 is 11.6 Å². The maximum atomic E-state index is 13.4. The van der Waals surface area contributed by atoms with Crippen molar-refractivity contribution < 1.29 is 23.1 Å². The molecule has 2 bridgehead atoms. The summed E-state index contributed by atoms with van der Waals surface area (Å²) < 4.78 is 35.6. The van der Waals surface area contributed by atoms with Gasteiger partial charge in [0.15, 0.2) is 0 Å². The zero-order valence-corrected chi connectivity index (χ0v) is 26.7. The first-order valence-corrected chi connectivity index (χ1v) is 17.7. The van der Waals surface area contributed by atoms with Gasteiger partial charge in [0.2, 0.25) is 10.0 Å². The second-order valence-electron chi connectivity index (χ2n) is 13.3. The molecule has 1 fully saturated rings. The highest BCUT2D eigenvalue weighted by Gasteiger charge is 2.43.